The third kappa shape index (κ3) is 3.86. The lowest BCUT2D eigenvalue weighted by molar-refractivity contribution is 0.103. The first-order chi connectivity index (χ1) is 12.6. The average Bonchev–Trinajstić information content (AvgIpc) is 3.10. The van der Waals surface area contributed by atoms with Gasteiger partial charge in [-0.3, -0.25) is 4.79 Å². The van der Waals surface area contributed by atoms with Crippen molar-refractivity contribution in [1.29, 1.82) is 0 Å². The third-order valence-electron chi connectivity index (χ3n) is 4.19. The molecule has 0 saturated heterocycles. The molecule has 0 atom stereocenters. The Balaban J connectivity index is 1.74. The monoisotopic (exact) mass is 347 g/mol. The van der Waals surface area contributed by atoms with E-state index in [9.17, 15) is 9.90 Å². The minimum atomic E-state index is 0.00509. The molecular formula is C22H21NO3. The van der Waals surface area contributed by atoms with Crippen molar-refractivity contribution in [3.63, 3.8) is 0 Å². The number of phenolic OH excluding ortho intramolecular Hbond substituents is 1. The van der Waals surface area contributed by atoms with Gasteiger partial charge in [-0.25, -0.2) is 0 Å². The Morgan fingerprint density at radius 3 is 2.62 bits per heavy atom. The maximum absolute atomic E-state index is 12.7. The predicted octanol–water partition coefficient (Wildman–Crippen LogP) is 4.46. The molecule has 0 bridgehead atoms. The number of allylic oxidation sites excluding steroid dienone is 1. The first-order valence-electron chi connectivity index (χ1n) is 8.38. The van der Waals surface area contributed by atoms with Crippen molar-refractivity contribution in [2.24, 2.45) is 0 Å². The van der Waals surface area contributed by atoms with Crippen LogP contribution in [0.4, 0.5) is 0 Å². The van der Waals surface area contributed by atoms with Gasteiger partial charge in [0.2, 0.25) is 5.78 Å². The smallest absolute Gasteiger partial charge is 0.209 e. The Bertz CT molecular complexity index is 936. The lowest BCUT2D eigenvalue weighted by Crippen LogP contribution is -2.09. The number of benzene rings is 2. The van der Waals surface area contributed by atoms with Crippen LogP contribution in [-0.4, -0.2) is 22.6 Å². The highest BCUT2D eigenvalue weighted by Gasteiger charge is 2.12. The normalized spacial score (nSPS) is 11.0. The molecule has 0 fully saturated rings. The van der Waals surface area contributed by atoms with Gasteiger partial charge in [-0.05, 0) is 36.8 Å². The number of hydrogen-bond acceptors (Lipinski definition) is 3. The first-order valence-corrected chi connectivity index (χ1v) is 8.38. The second-order valence-electron chi connectivity index (χ2n) is 6.07. The second-order valence-corrected chi connectivity index (χ2v) is 6.07. The van der Waals surface area contributed by atoms with Crippen LogP contribution in [0.25, 0.3) is 6.08 Å². The third-order valence-corrected chi connectivity index (χ3v) is 4.19. The zero-order chi connectivity index (χ0) is 18.5. The molecule has 3 rings (SSSR count). The number of nitrogens with zero attached hydrogens (tertiary/aromatic N) is 1. The maximum atomic E-state index is 12.7. The van der Waals surface area contributed by atoms with Crippen LogP contribution in [0, 0.1) is 6.92 Å². The molecule has 0 saturated carbocycles. The van der Waals surface area contributed by atoms with Gasteiger partial charge in [-0.2, -0.15) is 0 Å². The van der Waals surface area contributed by atoms with Gasteiger partial charge in [0.25, 0.3) is 0 Å². The average molecular weight is 347 g/mol. The van der Waals surface area contributed by atoms with Gasteiger partial charge >= 0.3 is 0 Å². The summed E-state index contributed by atoms with van der Waals surface area (Å²) in [5, 5.41) is 9.83. The molecule has 1 aromatic heterocycles. The number of aromatic nitrogens is 1. The van der Waals surface area contributed by atoms with Crippen LogP contribution in [0.2, 0.25) is 0 Å². The molecule has 4 heteroatoms. The van der Waals surface area contributed by atoms with E-state index in [0.29, 0.717) is 23.6 Å². The van der Waals surface area contributed by atoms with Gasteiger partial charge in [0, 0.05) is 18.3 Å². The molecule has 0 aliphatic rings. The molecule has 0 unspecified atom stereocenters. The lowest BCUT2D eigenvalue weighted by Gasteiger charge is -2.07. The van der Waals surface area contributed by atoms with Crippen molar-refractivity contribution in [2.45, 2.75) is 13.5 Å². The molecule has 0 radical (unpaired) electrons. The number of hydrogen-bond donors (Lipinski definition) is 1. The quantitative estimate of drug-likeness (QED) is 0.670. The molecule has 0 amide bonds. The van der Waals surface area contributed by atoms with Crippen LogP contribution < -0.4 is 4.74 Å². The van der Waals surface area contributed by atoms with E-state index in [2.05, 4.69) is 0 Å². The van der Waals surface area contributed by atoms with E-state index in [1.165, 1.54) is 7.11 Å². The van der Waals surface area contributed by atoms with Gasteiger partial charge in [0.05, 0.1) is 12.8 Å². The Kier molecular flexibility index (Phi) is 5.23. The number of aryl methyl sites for hydroxylation is 1. The van der Waals surface area contributed by atoms with E-state index in [1.807, 2.05) is 72.3 Å². The highest BCUT2D eigenvalue weighted by Crippen LogP contribution is 2.26. The van der Waals surface area contributed by atoms with E-state index in [0.717, 1.165) is 11.1 Å². The fourth-order valence-electron chi connectivity index (χ4n) is 2.75. The Morgan fingerprint density at radius 2 is 1.92 bits per heavy atom. The van der Waals surface area contributed by atoms with E-state index in [4.69, 9.17) is 4.74 Å². The van der Waals surface area contributed by atoms with Gasteiger partial charge in [0.15, 0.2) is 11.5 Å². The zero-order valence-electron chi connectivity index (χ0n) is 14.8. The predicted molar refractivity (Wildman–Crippen MR) is 103 cm³/mol. The summed E-state index contributed by atoms with van der Waals surface area (Å²) in [6, 6.07) is 16.5. The lowest BCUT2D eigenvalue weighted by atomic mass is 10.1. The summed E-state index contributed by atoms with van der Waals surface area (Å²) in [5.74, 6) is 0.551. The molecule has 0 aliphatic heterocycles. The van der Waals surface area contributed by atoms with Crippen LogP contribution in [0.15, 0.2) is 66.9 Å². The van der Waals surface area contributed by atoms with Crippen LogP contribution >= 0.6 is 0 Å². The van der Waals surface area contributed by atoms with Crippen molar-refractivity contribution < 1.29 is 14.6 Å². The van der Waals surface area contributed by atoms with Crippen molar-refractivity contribution in [3.05, 3.63) is 89.3 Å². The summed E-state index contributed by atoms with van der Waals surface area (Å²) in [7, 11) is 1.52. The summed E-state index contributed by atoms with van der Waals surface area (Å²) >= 11 is 0. The second kappa shape index (κ2) is 7.74. The highest BCUT2D eigenvalue weighted by molar-refractivity contribution is 6.08. The fourth-order valence-corrected chi connectivity index (χ4v) is 2.75. The summed E-state index contributed by atoms with van der Waals surface area (Å²) in [4.78, 5) is 12.7. The van der Waals surface area contributed by atoms with Crippen molar-refractivity contribution >= 4 is 11.9 Å². The summed E-state index contributed by atoms with van der Waals surface area (Å²) in [5.41, 5.74) is 3.32. The van der Waals surface area contributed by atoms with Gasteiger partial charge in [-0.15, -0.1) is 0 Å². The summed E-state index contributed by atoms with van der Waals surface area (Å²) in [6.07, 6.45) is 5.74. The number of ether oxygens (including phenoxy) is 1. The van der Waals surface area contributed by atoms with E-state index in [1.54, 1.807) is 12.1 Å². The minimum Gasteiger partial charge on any atom is -0.504 e. The van der Waals surface area contributed by atoms with Crippen molar-refractivity contribution in [1.82, 2.24) is 4.57 Å². The van der Waals surface area contributed by atoms with Crippen molar-refractivity contribution in [2.75, 3.05) is 7.11 Å². The maximum Gasteiger partial charge on any atom is 0.209 e. The molecule has 26 heavy (non-hydrogen) atoms. The fraction of sp³-hybridized carbons (Fsp3) is 0.136. The molecule has 1 N–H and O–H groups in total. The number of rotatable bonds is 6. The standard InChI is InChI=1S/C22H21NO3/c1-16-7-10-18(11-8-16)22(25)19-6-4-14-23(19)13-3-5-17-9-12-21(26-2)20(24)15-17/h3-12,14-15,24H,13H2,1-2H3/b5-3+. The van der Waals surface area contributed by atoms with E-state index in [-0.39, 0.29) is 11.5 Å². The number of methoxy groups -OCH3 is 1. The highest BCUT2D eigenvalue weighted by atomic mass is 16.5. The van der Waals surface area contributed by atoms with E-state index < -0.39 is 0 Å². The molecule has 2 aromatic carbocycles. The molecule has 132 valence electrons. The van der Waals surface area contributed by atoms with Crippen LogP contribution in [0.3, 0.4) is 0 Å². The number of carbonyl (C=O) groups is 1. The van der Waals surface area contributed by atoms with E-state index >= 15 is 0 Å². The SMILES string of the molecule is COc1ccc(/C=C/Cn2cccc2C(=O)c2ccc(C)cc2)cc1O. The molecule has 0 spiro atoms. The largest absolute Gasteiger partial charge is 0.504 e. The van der Waals surface area contributed by atoms with Gasteiger partial charge < -0.3 is 14.4 Å². The molecule has 1 heterocycles. The number of carbonyl (C=O) groups excluding carboxylic acids is 1. The molecular weight excluding hydrogens is 326 g/mol. The Morgan fingerprint density at radius 1 is 1.15 bits per heavy atom. The Hall–Kier alpha value is -3.27. The number of ketones is 1. The molecule has 4 nitrogen and oxygen atoms in total. The van der Waals surface area contributed by atoms with Crippen molar-refractivity contribution in [3.8, 4) is 11.5 Å². The summed E-state index contributed by atoms with van der Waals surface area (Å²) < 4.78 is 6.94. The number of aromatic hydroxyl groups is 1. The minimum absolute atomic E-state index is 0.00509. The Labute approximate surface area is 153 Å². The molecule has 3 aromatic rings. The summed E-state index contributed by atoms with van der Waals surface area (Å²) in [6.45, 7) is 2.56. The number of phenols is 1. The van der Waals surface area contributed by atoms with Gasteiger partial charge in [-0.1, -0.05) is 48.0 Å². The van der Waals surface area contributed by atoms with Gasteiger partial charge in [0.1, 0.15) is 0 Å². The topological polar surface area (TPSA) is 51.5 Å². The van der Waals surface area contributed by atoms with Crippen LogP contribution in [0.1, 0.15) is 27.2 Å². The zero-order valence-corrected chi connectivity index (χ0v) is 14.8. The molecule has 0 aliphatic carbocycles. The first kappa shape index (κ1) is 17.5. The van der Waals surface area contributed by atoms with Crippen LogP contribution in [0.5, 0.6) is 11.5 Å². The van der Waals surface area contributed by atoms with Crippen LogP contribution in [-0.2, 0) is 6.54 Å².